The van der Waals surface area contributed by atoms with Gasteiger partial charge in [-0.2, -0.15) is 0 Å². The summed E-state index contributed by atoms with van der Waals surface area (Å²) in [6.07, 6.45) is 23.4. The number of aryl methyl sites for hydroxylation is 1. The average molecular weight is 388 g/mol. The van der Waals surface area contributed by atoms with Crippen molar-refractivity contribution in [2.45, 2.75) is 116 Å². The summed E-state index contributed by atoms with van der Waals surface area (Å²) in [5.41, 5.74) is 2.54. The van der Waals surface area contributed by atoms with Gasteiger partial charge in [-0.25, -0.2) is 0 Å². The molecule has 1 N–H and O–H groups in total. The first-order valence-corrected chi connectivity index (χ1v) is 12.1. The Bertz CT molecular complexity index is 454. The third kappa shape index (κ3) is 14.7. The molecular formula is C26H45NO. The van der Waals surface area contributed by atoms with Crippen LogP contribution in [0.2, 0.25) is 0 Å². The molecule has 0 saturated heterocycles. The topological polar surface area (TPSA) is 29.1 Å². The minimum absolute atomic E-state index is 0.666. The van der Waals surface area contributed by atoms with Crippen molar-refractivity contribution in [3.8, 4) is 0 Å². The van der Waals surface area contributed by atoms with Gasteiger partial charge in [0.05, 0.1) is 0 Å². The molecule has 0 saturated carbocycles. The summed E-state index contributed by atoms with van der Waals surface area (Å²) in [7, 11) is 0. The summed E-state index contributed by atoms with van der Waals surface area (Å²) in [5.74, 6) is 0. The van der Waals surface area contributed by atoms with Crippen molar-refractivity contribution < 1.29 is 4.79 Å². The van der Waals surface area contributed by atoms with E-state index < -0.39 is 0 Å². The first kappa shape index (κ1) is 24.7. The normalized spacial score (nSPS) is 10.9. The number of benzene rings is 1. The van der Waals surface area contributed by atoms with Crippen molar-refractivity contribution in [1.82, 2.24) is 0 Å². The predicted molar refractivity (Wildman–Crippen MR) is 124 cm³/mol. The van der Waals surface area contributed by atoms with E-state index in [9.17, 15) is 4.79 Å². The molecule has 1 aromatic rings. The number of hydrogen-bond acceptors (Lipinski definition) is 2. The molecule has 0 unspecified atom stereocenters. The Kier molecular flexibility index (Phi) is 16.8. The lowest BCUT2D eigenvalue weighted by atomic mass is 10.0. The van der Waals surface area contributed by atoms with Gasteiger partial charge in [-0.05, 0) is 37.0 Å². The highest BCUT2D eigenvalue weighted by molar-refractivity contribution is 5.49. The molecule has 0 aliphatic rings. The van der Waals surface area contributed by atoms with Crippen molar-refractivity contribution in [2.75, 3.05) is 11.9 Å². The quantitative estimate of drug-likeness (QED) is 0.181. The molecule has 1 aromatic carbocycles. The Morgan fingerprint density at radius 1 is 0.679 bits per heavy atom. The van der Waals surface area contributed by atoms with Crippen molar-refractivity contribution in [3.63, 3.8) is 0 Å². The largest absolute Gasteiger partial charge is 0.385 e. The molecule has 0 aliphatic carbocycles. The summed E-state index contributed by atoms with van der Waals surface area (Å²) in [6, 6.07) is 8.69. The number of rotatable bonds is 20. The number of unbranched alkanes of at least 4 members (excludes halogenated alkanes) is 14. The molecule has 0 radical (unpaired) electrons. The first-order valence-electron chi connectivity index (χ1n) is 12.1. The van der Waals surface area contributed by atoms with Crippen LogP contribution in [0.4, 0.5) is 5.69 Å². The molecule has 0 fully saturated rings. The molecule has 0 aliphatic heterocycles. The highest BCUT2D eigenvalue weighted by Gasteiger charge is 1.97. The molecule has 0 bridgehead atoms. The highest BCUT2D eigenvalue weighted by Crippen LogP contribution is 2.14. The third-order valence-electron chi connectivity index (χ3n) is 5.60. The Morgan fingerprint density at radius 3 is 1.68 bits per heavy atom. The van der Waals surface area contributed by atoms with Crippen LogP contribution in [0.5, 0.6) is 0 Å². The molecule has 1 rings (SSSR count). The van der Waals surface area contributed by atoms with Crippen molar-refractivity contribution >= 4 is 12.0 Å². The third-order valence-corrected chi connectivity index (χ3v) is 5.60. The van der Waals surface area contributed by atoms with Crippen LogP contribution >= 0.6 is 0 Å². The van der Waals surface area contributed by atoms with Gasteiger partial charge < -0.3 is 10.1 Å². The predicted octanol–water partition coefficient (Wildman–Crippen LogP) is 8.10. The zero-order chi connectivity index (χ0) is 20.1. The molecule has 0 aromatic heterocycles. The number of anilines is 1. The van der Waals surface area contributed by atoms with Gasteiger partial charge in [0.25, 0.3) is 0 Å². The number of aldehydes is 1. The molecule has 160 valence electrons. The average Bonchev–Trinajstić information content (AvgIpc) is 2.72. The van der Waals surface area contributed by atoms with Gasteiger partial charge in [0, 0.05) is 18.7 Å². The van der Waals surface area contributed by atoms with Crippen LogP contribution in [0.15, 0.2) is 24.3 Å². The fourth-order valence-electron chi connectivity index (χ4n) is 3.73. The van der Waals surface area contributed by atoms with E-state index in [0.29, 0.717) is 6.42 Å². The molecule has 2 heteroatoms. The number of nitrogens with one attached hydrogen (secondary N) is 1. The van der Waals surface area contributed by atoms with Crippen LogP contribution < -0.4 is 5.32 Å². The highest BCUT2D eigenvalue weighted by atomic mass is 16.1. The minimum atomic E-state index is 0.666. The van der Waals surface area contributed by atoms with Crippen LogP contribution in [0, 0.1) is 0 Å². The summed E-state index contributed by atoms with van der Waals surface area (Å²) in [5, 5.41) is 3.53. The van der Waals surface area contributed by atoms with E-state index in [1.807, 2.05) is 0 Å². The SMILES string of the molecule is CCCCCCCCCCCCCCCCNc1ccc(CCCC=O)cc1. The molecule has 0 amide bonds. The zero-order valence-electron chi connectivity index (χ0n) is 18.5. The summed E-state index contributed by atoms with van der Waals surface area (Å²) in [6.45, 7) is 3.36. The van der Waals surface area contributed by atoms with Crippen LogP contribution in [0.25, 0.3) is 0 Å². The molecule has 0 atom stereocenters. The fraction of sp³-hybridized carbons (Fsp3) is 0.731. The van der Waals surface area contributed by atoms with Crippen LogP contribution in [0.3, 0.4) is 0 Å². The first-order chi connectivity index (χ1) is 13.9. The maximum absolute atomic E-state index is 10.4. The lowest BCUT2D eigenvalue weighted by Gasteiger charge is -2.07. The second kappa shape index (κ2) is 19.0. The zero-order valence-corrected chi connectivity index (χ0v) is 18.5. The van der Waals surface area contributed by atoms with Crippen molar-refractivity contribution in [3.05, 3.63) is 29.8 Å². The molecule has 28 heavy (non-hydrogen) atoms. The van der Waals surface area contributed by atoms with E-state index in [1.54, 1.807) is 0 Å². The maximum atomic E-state index is 10.4. The fourth-order valence-corrected chi connectivity index (χ4v) is 3.73. The van der Waals surface area contributed by atoms with Gasteiger partial charge >= 0.3 is 0 Å². The molecule has 0 spiro atoms. The Morgan fingerprint density at radius 2 is 1.18 bits per heavy atom. The van der Waals surface area contributed by atoms with Crippen molar-refractivity contribution in [2.24, 2.45) is 0 Å². The lowest BCUT2D eigenvalue weighted by Crippen LogP contribution is -2.01. The van der Waals surface area contributed by atoms with E-state index in [2.05, 4.69) is 36.5 Å². The van der Waals surface area contributed by atoms with Gasteiger partial charge in [-0.1, -0.05) is 103 Å². The van der Waals surface area contributed by atoms with Gasteiger partial charge in [0.2, 0.25) is 0 Å². The van der Waals surface area contributed by atoms with Crippen LogP contribution in [-0.2, 0) is 11.2 Å². The van der Waals surface area contributed by atoms with Gasteiger partial charge in [0.1, 0.15) is 6.29 Å². The van der Waals surface area contributed by atoms with Gasteiger partial charge in [-0.15, -0.1) is 0 Å². The number of carbonyl (C=O) groups is 1. The summed E-state index contributed by atoms with van der Waals surface area (Å²) < 4.78 is 0. The van der Waals surface area contributed by atoms with Crippen LogP contribution in [0.1, 0.15) is 115 Å². The summed E-state index contributed by atoms with van der Waals surface area (Å²) >= 11 is 0. The summed E-state index contributed by atoms with van der Waals surface area (Å²) in [4.78, 5) is 10.4. The number of carbonyl (C=O) groups excluding carboxylic acids is 1. The molecular weight excluding hydrogens is 342 g/mol. The van der Waals surface area contributed by atoms with Crippen molar-refractivity contribution in [1.29, 1.82) is 0 Å². The molecule has 0 heterocycles. The van der Waals surface area contributed by atoms with E-state index in [1.165, 1.54) is 101 Å². The Labute approximate surface area is 174 Å². The Balaban J connectivity index is 1.84. The van der Waals surface area contributed by atoms with Crippen LogP contribution in [-0.4, -0.2) is 12.8 Å². The Hall–Kier alpha value is -1.31. The second-order valence-corrected chi connectivity index (χ2v) is 8.28. The van der Waals surface area contributed by atoms with E-state index in [0.717, 1.165) is 25.7 Å². The van der Waals surface area contributed by atoms with E-state index in [4.69, 9.17) is 0 Å². The van der Waals surface area contributed by atoms with E-state index in [-0.39, 0.29) is 0 Å². The standard InChI is InChI=1S/C26H45NO/c1-2-3-4-5-6-7-8-9-10-11-12-13-14-16-23-27-26-21-19-25(20-22-26)18-15-17-24-28/h19-22,24,27H,2-18,23H2,1H3. The second-order valence-electron chi connectivity index (χ2n) is 8.28. The minimum Gasteiger partial charge on any atom is -0.385 e. The lowest BCUT2D eigenvalue weighted by molar-refractivity contribution is -0.107. The number of hydrogen-bond donors (Lipinski definition) is 1. The van der Waals surface area contributed by atoms with Gasteiger partial charge in [-0.3, -0.25) is 0 Å². The molecule has 2 nitrogen and oxygen atoms in total. The maximum Gasteiger partial charge on any atom is 0.120 e. The monoisotopic (exact) mass is 387 g/mol. The smallest absolute Gasteiger partial charge is 0.120 e. The van der Waals surface area contributed by atoms with E-state index >= 15 is 0 Å². The van der Waals surface area contributed by atoms with Gasteiger partial charge in [0.15, 0.2) is 0 Å².